The van der Waals surface area contributed by atoms with Crippen LogP contribution in [0.2, 0.25) is 0 Å². The monoisotopic (exact) mass is 230 g/mol. The lowest BCUT2D eigenvalue weighted by Crippen LogP contribution is -2.51. The fourth-order valence-corrected chi connectivity index (χ4v) is 2.33. The third-order valence-corrected chi connectivity index (χ3v) is 3.36. The van der Waals surface area contributed by atoms with Crippen LogP contribution in [-0.4, -0.2) is 31.0 Å². The van der Waals surface area contributed by atoms with Gasteiger partial charge in [0.25, 0.3) is 0 Å². The largest absolute Gasteiger partial charge is 0.378 e. The first-order valence-electron chi connectivity index (χ1n) is 6.32. The van der Waals surface area contributed by atoms with Gasteiger partial charge in [0.05, 0.1) is 11.7 Å². The van der Waals surface area contributed by atoms with Crippen LogP contribution in [0, 0.1) is 0 Å². The Labute approximate surface area is 98.8 Å². The number of nitrogens with two attached hydrogens (primary N) is 1. The van der Waals surface area contributed by atoms with E-state index in [1.165, 1.54) is 12.8 Å². The van der Waals surface area contributed by atoms with Gasteiger partial charge >= 0.3 is 0 Å². The van der Waals surface area contributed by atoms with E-state index >= 15 is 0 Å². The van der Waals surface area contributed by atoms with Gasteiger partial charge in [0.1, 0.15) is 0 Å². The summed E-state index contributed by atoms with van der Waals surface area (Å²) in [6, 6.07) is 0.177. The van der Waals surface area contributed by atoms with Gasteiger partial charge in [-0.3, -0.25) is 11.3 Å². The van der Waals surface area contributed by atoms with Gasteiger partial charge in [-0.05, 0) is 46.5 Å². The van der Waals surface area contributed by atoms with E-state index in [2.05, 4.69) is 19.3 Å². The van der Waals surface area contributed by atoms with E-state index in [0.29, 0.717) is 12.7 Å². The van der Waals surface area contributed by atoms with Gasteiger partial charge in [-0.2, -0.15) is 0 Å². The number of nitrogens with one attached hydrogen (secondary N) is 1. The van der Waals surface area contributed by atoms with Crippen LogP contribution in [0.4, 0.5) is 0 Å². The van der Waals surface area contributed by atoms with Crippen LogP contribution < -0.4 is 11.3 Å². The Kier molecular flexibility index (Phi) is 5.69. The lowest BCUT2D eigenvalue weighted by molar-refractivity contribution is -0.0432. The average Bonchev–Trinajstić information content (AvgIpc) is 2.71. The first kappa shape index (κ1) is 13.9. The molecule has 1 rings (SSSR count). The van der Waals surface area contributed by atoms with Crippen LogP contribution >= 0.6 is 0 Å². The van der Waals surface area contributed by atoms with Crippen molar-refractivity contribution in [3.63, 3.8) is 0 Å². The Morgan fingerprint density at radius 3 is 2.81 bits per heavy atom. The molecule has 4 heteroatoms. The van der Waals surface area contributed by atoms with Crippen molar-refractivity contribution >= 4 is 0 Å². The summed E-state index contributed by atoms with van der Waals surface area (Å²) in [5.41, 5.74) is 2.65. The Hall–Kier alpha value is -0.160. The SMILES string of the molecule is CCOC(C)(C)C(CCC1CCCO1)NN. The lowest BCUT2D eigenvalue weighted by Gasteiger charge is -2.34. The summed E-state index contributed by atoms with van der Waals surface area (Å²) in [6.45, 7) is 7.80. The van der Waals surface area contributed by atoms with Crippen LogP contribution in [0.5, 0.6) is 0 Å². The smallest absolute Gasteiger partial charge is 0.0792 e. The third kappa shape index (κ3) is 4.01. The highest BCUT2D eigenvalue weighted by Crippen LogP contribution is 2.23. The molecule has 3 N–H and O–H groups in total. The fourth-order valence-electron chi connectivity index (χ4n) is 2.33. The molecular weight excluding hydrogens is 204 g/mol. The van der Waals surface area contributed by atoms with Crippen molar-refractivity contribution in [2.24, 2.45) is 5.84 Å². The Morgan fingerprint density at radius 2 is 2.31 bits per heavy atom. The minimum atomic E-state index is -0.220. The number of hydrazine groups is 1. The predicted octanol–water partition coefficient (Wildman–Crippen LogP) is 1.59. The van der Waals surface area contributed by atoms with E-state index in [0.717, 1.165) is 19.4 Å². The highest BCUT2D eigenvalue weighted by molar-refractivity contribution is 4.85. The summed E-state index contributed by atoms with van der Waals surface area (Å²) in [6.07, 6.45) is 4.86. The second-order valence-electron chi connectivity index (χ2n) is 4.97. The average molecular weight is 230 g/mol. The Morgan fingerprint density at radius 1 is 1.56 bits per heavy atom. The molecule has 1 fully saturated rings. The highest BCUT2D eigenvalue weighted by atomic mass is 16.5. The second-order valence-corrected chi connectivity index (χ2v) is 4.97. The van der Waals surface area contributed by atoms with Gasteiger partial charge < -0.3 is 9.47 Å². The van der Waals surface area contributed by atoms with E-state index in [4.69, 9.17) is 15.3 Å². The number of ether oxygens (including phenoxy) is 2. The van der Waals surface area contributed by atoms with Crippen molar-refractivity contribution in [3.8, 4) is 0 Å². The van der Waals surface area contributed by atoms with E-state index in [1.807, 2.05) is 6.92 Å². The van der Waals surface area contributed by atoms with Crippen molar-refractivity contribution < 1.29 is 9.47 Å². The molecule has 0 aliphatic carbocycles. The van der Waals surface area contributed by atoms with E-state index in [1.54, 1.807) is 0 Å². The summed E-state index contributed by atoms with van der Waals surface area (Å²) in [7, 11) is 0. The number of rotatable bonds is 7. The van der Waals surface area contributed by atoms with Gasteiger partial charge in [-0.1, -0.05) is 0 Å². The minimum Gasteiger partial charge on any atom is -0.378 e. The molecule has 1 aliphatic rings. The minimum absolute atomic E-state index is 0.177. The first-order valence-corrected chi connectivity index (χ1v) is 6.32. The molecule has 96 valence electrons. The topological polar surface area (TPSA) is 56.5 Å². The molecule has 2 atom stereocenters. The number of hydrogen-bond acceptors (Lipinski definition) is 4. The van der Waals surface area contributed by atoms with Crippen LogP contribution in [0.3, 0.4) is 0 Å². The quantitative estimate of drug-likeness (QED) is 0.515. The Balaban J connectivity index is 2.34. The van der Waals surface area contributed by atoms with Crippen LogP contribution in [0.1, 0.15) is 46.5 Å². The summed E-state index contributed by atoms with van der Waals surface area (Å²) in [5.74, 6) is 5.60. The van der Waals surface area contributed by atoms with Crippen molar-refractivity contribution in [2.45, 2.75) is 64.2 Å². The molecule has 0 saturated carbocycles. The van der Waals surface area contributed by atoms with E-state index in [-0.39, 0.29) is 11.6 Å². The van der Waals surface area contributed by atoms with Gasteiger partial charge in [0.2, 0.25) is 0 Å². The van der Waals surface area contributed by atoms with Crippen LogP contribution in [-0.2, 0) is 9.47 Å². The van der Waals surface area contributed by atoms with Gasteiger partial charge in [0, 0.05) is 19.3 Å². The summed E-state index contributed by atoms with van der Waals surface area (Å²) >= 11 is 0. The molecule has 0 aromatic carbocycles. The fraction of sp³-hybridized carbons (Fsp3) is 1.00. The van der Waals surface area contributed by atoms with Gasteiger partial charge in [-0.15, -0.1) is 0 Å². The maximum atomic E-state index is 5.71. The molecule has 0 radical (unpaired) electrons. The normalized spacial score (nSPS) is 23.6. The van der Waals surface area contributed by atoms with E-state index in [9.17, 15) is 0 Å². The molecule has 2 unspecified atom stereocenters. The van der Waals surface area contributed by atoms with Crippen LogP contribution in [0.15, 0.2) is 0 Å². The zero-order valence-electron chi connectivity index (χ0n) is 10.8. The summed E-state index contributed by atoms with van der Waals surface area (Å²) in [5, 5.41) is 0. The molecule has 0 spiro atoms. The van der Waals surface area contributed by atoms with Crippen molar-refractivity contribution in [3.05, 3.63) is 0 Å². The molecule has 1 heterocycles. The van der Waals surface area contributed by atoms with E-state index < -0.39 is 0 Å². The molecule has 0 aromatic heterocycles. The standard InChI is InChI=1S/C12H26N2O2/c1-4-16-12(2,3)11(14-13)8-7-10-6-5-9-15-10/h10-11,14H,4-9,13H2,1-3H3. The molecule has 16 heavy (non-hydrogen) atoms. The molecule has 1 aliphatic heterocycles. The molecule has 1 saturated heterocycles. The highest BCUT2D eigenvalue weighted by Gasteiger charge is 2.30. The third-order valence-electron chi connectivity index (χ3n) is 3.36. The lowest BCUT2D eigenvalue weighted by atomic mass is 9.93. The van der Waals surface area contributed by atoms with Crippen molar-refractivity contribution in [1.29, 1.82) is 0 Å². The predicted molar refractivity (Wildman–Crippen MR) is 65.0 cm³/mol. The van der Waals surface area contributed by atoms with Crippen molar-refractivity contribution in [1.82, 2.24) is 5.43 Å². The summed E-state index contributed by atoms with van der Waals surface area (Å²) < 4.78 is 11.3. The second kappa shape index (κ2) is 6.55. The maximum absolute atomic E-state index is 5.71. The molecule has 0 bridgehead atoms. The molecule has 4 nitrogen and oxygen atoms in total. The van der Waals surface area contributed by atoms with Crippen molar-refractivity contribution in [2.75, 3.05) is 13.2 Å². The first-order chi connectivity index (χ1) is 7.60. The summed E-state index contributed by atoms with van der Waals surface area (Å²) in [4.78, 5) is 0. The zero-order chi connectivity index (χ0) is 12.0. The maximum Gasteiger partial charge on any atom is 0.0792 e. The zero-order valence-corrected chi connectivity index (χ0v) is 10.8. The molecular formula is C12H26N2O2. The molecule has 0 amide bonds. The van der Waals surface area contributed by atoms with Gasteiger partial charge in [-0.25, -0.2) is 0 Å². The van der Waals surface area contributed by atoms with Gasteiger partial charge in [0.15, 0.2) is 0 Å². The Bertz CT molecular complexity index is 191. The van der Waals surface area contributed by atoms with Crippen LogP contribution in [0.25, 0.3) is 0 Å². The number of hydrogen-bond donors (Lipinski definition) is 2. The molecule has 0 aromatic rings.